The molecule has 178 valence electrons. The van der Waals surface area contributed by atoms with Gasteiger partial charge in [-0.3, -0.25) is 0 Å². The molecule has 0 spiro atoms. The van der Waals surface area contributed by atoms with Gasteiger partial charge in [0, 0.05) is 23.1 Å². The highest BCUT2D eigenvalue weighted by molar-refractivity contribution is 5.97. The Labute approximate surface area is 212 Å². The van der Waals surface area contributed by atoms with E-state index in [-0.39, 0.29) is 11.1 Å². The van der Waals surface area contributed by atoms with Gasteiger partial charge in [0.05, 0.1) is 6.07 Å². The molecule has 0 amide bonds. The minimum absolute atomic E-state index is 0.382. The van der Waals surface area contributed by atoms with Crippen LogP contribution < -0.4 is 4.90 Å². The number of nitriles is 3. The molecule has 0 aliphatic rings. The minimum atomic E-state index is -1.31. The van der Waals surface area contributed by atoms with Crippen molar-refractivity contribution in [2.24, 2.45) is 0 Å². The minimum Gasteiger partial charge on any atom is -0.477 e. The van der Waals surface area contributed by atoms with Gasteiger partial charge >= 0.3 is 11.9 Å². The topological polar surface area (TPSA) is 149 Å². The molecule has 0 atom stereocenters. The van der Waals surface area contributed by atoms with Crippen LogP contribution >= 0.6 is 0 Å². The molecule has 0 aliphatic carbocycles. The third-order valence-corrected chi connectivity index (χ3v) is 5.13. The molecule has 3 aromatic carbocycles. The lowest BCUT2D eigenvalue weighted by atomic mass is 10.1. The fourth-order valence-corrected chi connectivity index (χ4v) is 3.37. The van der Waals surface area contributed by atoms with Crippen molar-refractivity contribution in [1.29, 1.82) is 15.8 Å². The number of hydrogen-bond acceptors (Lipinski definition) is 6. The summed E-state index contributed by atoms with van der Waals surface area (Å²) in [5.74, 6) is -2.62. The third kappa shape index (κ3) is 6.58. The maximum atomic E-state index is 11.1. The summed E-state index contributed by atoms with van der Waals surface area (Å²) in [6, 6.07) is 26.6. The Hall–Kier alpha value is -5.91. The van der Waals surface area contributed by atoms with Crippen molar-refractivity contribution < 1.29 is 19.8 Å². The molecular formula is C29H18N4O4. The Bertz CT molecular complexity index is 1440. The predicted octanol–water partition coefficient (Wildman–Crippen LogP) is 5.68. The summed E-state index contributed by atoms with van der Waals surface area (Å²) in [4.78, 5) is 24.2. The Morgan fingerprint density at radius 3 is 1.27 bits per heavy atom. The lowest BCUT2D eigenvalue weighted by Crippen LogP contribution is -2.10. The van der Waals surface area contributed by atoms with Crippen molar-refractivity contribution in [1.82, 2.24) is 0 Å². The third-order valence-electron chi connectivity index (χ3n) is 5.13. The maximum absolute atomic E-state index is 11.1. The quantitative estimate of drug-likeness (QED) is 0.305. The highest BCUT2D eigenvalue weighted by Crippen LogP contribution is 2.35. The lowest BCUT2D eigenvalue weighted by Gasteiger charge is -2.26. The van der Waals surface area contributed by atoms with E-state index in [0.717, 1.165) is 22.6 Å². The standard InChI is InChI=1S/C29H18N4O4/c30-15-1-2-20-3-9-25(10-4-20)33(26-11-5-21(6-12-26)16-23(18-31)28(34)35)27-13-7-22(8-14-27)17-24(19-32)29(36)37/h1-14,16-17H,(H,34,35)(H,36,37)/b2-1?,23-16-,24-17+. The van der Waals surface area contributed by atoms with Crippen molar-refractivity contribution in [3.05, 3.63) is 107 Å². The number of carbonyl (C=O) groups is 2. The molecule has 0 heterocycles. The number of anilines is 3. The summed E-state index contributed by atoms with van der Waals surface area (Å²) < 4.78 is 0. The second-order valence-corrected chi connectivity index (χ2v) is 7.52. The van der Waals surface area contributed by atoms with Gasteiger partial charge in [0.2, 0.25) is 0 Å². The van der Waals surface area contributed by atoms with Crippen molar-refractivity contribution in [3.8, 4) is 18.2 Å². The van der Waals surface area contributed by atoms with Gasteiger partial charge in [-0.2, -0.15) is 15.8 Å². The van der Waals surface area contributed by atoms with Gasteiger partial charge in [0.25, 0.3) is 0 Å². The summed E-state index contributed by atoms with van der Waals surface area (Å²) in [5.41, 5.74) is 3.40. The van der Waals surface area contributed by atoms with Crippen molar-refractivity contribution in [2.45, 2.75) is 0 Å². The Morgan fingerprint density at radius 2 is 0.973 bits per heavy atom. The van der Waals surface area contributed by atoms with Crippen LogP contribution in [0.5, 0.6) is 0 Å². The Morgan fingerprint density at radius 1 is 0.622 bits per heavy atom. The summed E-state index contributed by atoms with van der Waals surface area (Å²) in [5, 5.41) is 45.0. The fraction of sp³-hybridized carbons (Fsp3) is 0. The largest absolute Gasteiger partial charge is 0.477 e. The number of rotatable bonds is 8. The van der Waals surface area contributed by atoms with Gasteiger partial charge in [0.15, 0.2) is 0 Å². The van der Waals surface area contributed by atoms with Crippen LogP contribution in [0.1, 0.15) is 16.7 Å². The highest BCUT2D eigenvalue weighted by atomic mass is 16.4. The fourth-order valence-electron chi connectivity index (χ4n) is 3.37. The molecular weight excluding hydrogens is 468 g/mol. The van der Waals surface area contributed by atoms with Crippen LogP contribution in [-0.2, 0) is 9.59 Å². The number of aliphatic carboxylic acids is 2. The van der Waals surface area contributed by atoms with Crippen LogP contribution in [0.4, 0.5) is 17.1 Å². The smallest absolute Gasteiger partial charge is 0.346 e. The SMILES string of the molecule is N#CC=Cc1ccc(N(c2ccc(/C=C(/C#N)C(=O)O)cc2)c2ccc(/C=C(\C#N)C(=O)O)cc2)cc1. The first-order valence-corrected chi connectivity index (χ1v) is 10.7. The first kappa shape index (κ1) is 25.7. The van der Waals surface area contributed by atoms with Crippen LogP contribution in [0, 0.1) is 34.0 Å². The van der Waals surface area contributed by atoms with E-state index < -0.39 is 11.9 Å². The molecule has 8 heteroatoms. The van der Waals surface area contributed by atoms with Crippen LogP contribution in [0.25, 0.3) is 18.2 Å². The molecule has 0 saturated heterocycles. The zero-order valence-electron chi connectivity index (χ0n) is 19.2. The van der Waals surface area contributed by atoms with Crippen LogP contribution in [0.15, 0.2) is 90.0 Å². The van der Waals surface area contributed by atoms with Gasteiger partial charge in [-0.15, -0.1) is 0 Å². The molecule has 2 N–H and O–H groups in total. The normalized spacial score (nSPS) is 11.3. The highest BCUT2D eigenvalue weighted by Gasteiger charge is 2.13. The summed E-state index contributed by atoms with van der Waals surface area (Å²) in [6.07, 6.45) is 5.62. The monoisotopic (exact) mass is 486 g/mol. The number of benzene rings is 3. The summed E-state index contributed by atoms with van der Waals surface area (Å²) >= 11 is 0. The molecule has 3 aromatic rings. The Kier molecular flexibility index (Phi) is 8.33. The molecule has 0 saturated carbocycles. The van der Waals surface area contributed by atoms with E-state index in [1.54, 1.807) is 66.7 Å². The number of nitrogens with zero attached hydrogens (tertiary/aromatic N) is 4. The number of hydrogen-bond donors (Lipinski definition) is 2. The predicted molar refractivity (Wildman–Crippen MR) is 138 cm³/mol. The van der Waals surface area contributed by atoms with Gasteiger partial charge < -0.3 is 15.1 Å². The molecule has 0 aromatic heterocycles. The van der Waals surface area contributed by atoms with E-state index in [4.69, 9.17) is 26.0 Å². The van der Waals surface area contributed by atoms with Crippen LogP contribution in [-0.4, -0.2) is 22.2 Å². The zero-order chi connectivity index (χ0) is 26.8. The molecule has 3 rings (SSSR count). The number of carboxylic acid groups (broad SMARTS) is 2. The molecule has 0 fully saturated rings. The average Bonchev–Trinajstić information content (AvgIpc) is 2.91. The van der Waals surface area contributed by atoms with Gasteiger partial charge in [0.1, 0.15) is 23.3 Å². The first-order valence-electron chi connectivity index (χ1n) is 10.7. The van der Waals surface area contributed by atoms with Gasteiger partial charge in [-0.25, -0.2) is 9.59 Å². The summed E-state index contributed by atoms with van der Waals surface area (Å²) in [7, 11) is 0. The van der Waals surface area contributed by atoms with E-state index >= 15 is 0 Å². The maximum Gasteiger partial charge on any atom is 0.346 e. The molecule has 0 aliphatic heterocycles. The van der Waals surface area contributed by atoms with Crippen LogP contribution in [0.3, 0.4) is 0 Å². The van der Waals surface area contributed by atoms with E-state index in [1.807, 2.05) is 35.2 Å². The first-order chi connectivity index (χ1) is 17.9. The molecule has 37 heavy (non-hydrogen) atoms. The average molecular weight is 486 g/mol. The van der Waals surface area contributed by atoms with Gasteiger partial charge in [-0.1, -0.05) is 36.4 Å². The van der Waals surface area contributed by atoms with E-state index in [2.05, 4.69) is 0 Å². The van der Waals surface area contributed by atoms with Crippen LogP contribution in [0.2, 0.25) is 0 Å². The Balaban J connectivity index is 2.05. The molecule has 8 nitrogen and oxygen atoms in total. The second-order valence-electron chi connectivity index (χ2n) is 7.52. The number of carboxylic acids is 2. The van der Waals surface area contributed by atoms with E-state index in [0.29, 0.717) is 11.1 Å². The molecule has 0 bridgehead atoms. The van der Waals surface area contributed by atoms with Crippen molar-refractivity contribution >= 4 is 47.2 Å². The second kappa shape index (κ2) is 12.0. The van der Waals surface area contributed by atoms with Gasteiger partial charge in [-0.05, 0) is 71.3 Å². The van der Waals surface area contributed by atoms with Crippen molar-refractivity contribution in [3.63, 3.8) is 0 Å². The van der Waals surface area contributed by atoms with E-state index in [9.17, 15) is 9.59 Å². The molecule has 0 radical (unpaired) electrons. The lowest BCUT2D eigenvalue weighted by molar-refractivity contribution is -0.133. The van der Waals surface area contributed by atoms with Crippen molar-refractivity contribution in [2.75, 3.05) is 4.90 Å². The number of allylic oxidation sites excluding steroid dienone is 1. The van der Waals surface area contributed by atoms with E-state index in [1.165, 1.54) is 18.2 Å². The zero-order valence-corrected chi connectivity index (χ0v) is 19.2. The summed E-state index contributed by atoms with van der Waals surface area (Å²) in [6.45, 7) is 0. The molecule has 0 unspecified atom stereocenters.